The first-order valence-corrected chi connectivity index (χ1v) is 5.62. The van der Waals surface area contributed by atoms with Crippen LogP contribution in [0.5, 0.6) is 0 Å². The van der Waals surface area contributed by atoms with E-state index in [4.69, 9.17) is 0 Å². The van der Waals surface area contributed by atoms with Crippen molar-refractivity contribution in [3.8, 4) is 10.4 Å². The van der Waals surface area contributed by atoms with Crippen molar-refractivity contribution in [2.24, 2.45) is 0 Å². The number of hydrogen-bond donors (Lipinski definition) is 1. The van der Waals surface area contributed by atoms with Crippen LogP contribution in [0.25, 0.3) is 10.4 Å². The first-order chi connectivity index (χ1) is 6.57. The molecule has 14 heavy (non-hydrogen) atoms. The van der Waals surface area contributed by atoms with Gasteiger partial charge in [-0.15, -0.1) is 11.3 Å². The Morgan fingerprint density at radius 1 is 1.14 bits per heavy atom. The van der Waals surface area contributed by atoms with Gasteiger partial charge >= 0.3 is 0 Å². The summed E-state index contributed by atoms with van der Waals surface area (Å²) in [5, 5.41) is 0. The molecular formula is C12H15NS. The van der Waals surface area contributed by atoms with E-state index in [2.05, 4.69) is 44.0 Å². The van der Waals surface area contributed by atoms with Crippen molar-refractivity contribution in [2.45, 2.75) is 26.2 Å². The third kappa shape index (κ3) is 1.75. The minimum Gasteiger partial charge on any atom is -0.367 e. The third-order valence-electron chi connectivity index (χ3n) is 2.23. The van der Waals surface area contributed by atoms with Crippen molar-refractivity contribution in [1.29, 1.82) is 0 Å². The van der Waals surface area contributed by atoms with Crippen molar-refractivity contribution >= 4 is 11.3 Å². The van der Waals surface area contributed by atoms with Crippen LogP contribution in [-0.4, -0.2) is 4.98 Å². The van der Waals surface area contributed by atoms with Crippen LogP contribution in [0.3, 0.4) is 0 Å². The number of rotatable bonds is 1. The molecule has 0 radical (unpaired) electrons. The second kappa shape index (κ2) is 3.28. The van der Waals surface area contributed by atoms with Gasteiger partial charge in [0, 0.05) is 27.7 Å². The molecule has 0 atom stereocenters. The molecule has 2 rings (SSSR count). The maximum Gasteiger partial charge on any atom is 0.0361 e. The molecule has 0 aromatic carbocycles. The summed E-state index contributed by atoms with van der Waals surface area (Å²) in [7, 11) is 0. The van der Waals surface area contributed by atoms with Gasteiger partial charge < -0.3 is 4.98 Å². The van der Waals surface area contributed by atoms with Gasteiger partial charge in [-0.05, 0) is 23.6 Å². The summed E-state index contributed by atoms with van der Waals surface area (Å²) in [4.78, 5) is 5.87. The molecule has 0 aliphatic rings. The summed E-state index contributed by atoms with van der Waals surface area (Å²) in [6, 6.07) is 6.54. The summed E-state index contributed by atoms with van der Waals surface area (Å²) in [6.07, 6.45) is 4.00. The lowest BCUT2D eigenvalue weighted by atomic mass is 9.95. The van der Waals surface area contributed by atoms with Gasteiger partial charge in [0.25, 0.3) is 0 Å². The Hall–Kier alpha value is -1.02. The number of aromatic nitrogens is 1. The Kier molecular flexibility index (Phi) is 2.23. The van der Waals surface area contributed by atoms with E-state index in [1.165, 1.54) is 15.3 Å². The van der Waals surface area contributed by atoms with Gasteiger partial charge in [0.05, 0.1) is 0 Å². The molecule has 0 bridgehead atoms. The van der Waals surface area contributed by atoms with Crippen LogP contribution in [0.2, 0.25) is 0 Å². The van der Waals surface area contributed by atoms with Crippen molar-refractivity contribution in [3.05, 3.63) is 35.5 Å². The minimum absolute atomic E-state index is 0.263. The van der Waals surface area contributed by atoms with Gasteiger partial charge in [-0.25, -0.2) is 0 Å². The van der Waals surface area contributed by atoms with E-state index < -0.39 is 0 Å². The quantitative estimate of drug-likeness (QED) is 0.723. The largest absolute Gasteiger partial charge is 0.367 e. The van der Waals surface area contributed by atoms with E-state index in [1.54, 1.807) is 0 Å². The topological polar surface area (TPSA) is 15.8 Å². The van der Waals surface area contributed by atoms with Crippen molar-refractivity contribution < 1.29 is 0 Å². The lowest BCUT2D eigenvalue weighted by Crippen LogP contribution is -2.07. The lowest BCUT2D eigenvalue weighted by molar-refractivity contribution is 0.604. The Bertz CT molecular complexity index is 404. The fourth-order valence-corrected chi connectivity index (χ4v) is 2.43. The van der Waals surface area contributed by atoms with Crippen LogP contribution in [0, 0.1) is 0 Å². The second-order valence-corrected chi connectivity index (χ2v) is 5.60. The van der Waals surface area contributed by atoms with Crippen LogP contribution in [-0.2, 0) is 5.41 Å². The summed E-state index contributed by atoms with van der Waals surface area (Å²) in [6.45, 7) is 6.75. The zero-order chi connectivity index (χ0) is 10.2. The highest BCUT2D eigenvalue weighted by Crippen LogP contribution is 2.34. The molecule has 0 fully saturated rings. The van der Waals surface area contributed by atoms with Crippen LogP contribution < -0.4 is 0 Å². The minimum atomic E-state index is 0.263. The van der Waals surface area contributed by atoms with Crippen LogP contribution in [0.4, 0.5) is 0 Å². The number of H-pyrrole nitrogens is 1. The van der Waals surface area contributed by atoms with Gasteiger partial charge in [-0.1, -0.05) is 20.8 Å². The van der Waals surface area contributed by atoms with Gasteiger partial charge in [0.2, 0.25) is 0 Å². The fraction of sp³-hybridized carbons (Fsp3) is 0.333. The predicted molar refractivity (Wildman–Crippen MR) is 62.8 cm³/mol. The van der Waals surface area contributed by atoms with E-state index in [0.29, 0.717) is 0 Å². The van der Waals surface area contributed by atoms with Gasteiger partial charge in [-0.2, -0.15) is 0 Å². The number of thiophene rings is 1. The third-order valence-corrected chi connectivity index (χ3v) is 3.79. The highest BCUT2D eigenvalue weighted by molar-refractivity contribution is 7.15. The molecule has 0 unspecified atom stereocenters. The van der Waals surface area contributed by atoms with Gasteiger partial charge in [0.15, 0.2) is 0 Å². The van der Waals surface area contributed by atoms with E-state index >= 15 is 0 Å². The Balaban J connectivity index is 2.36. The number of hydrogen-bond acceptors (Lipinski definition) is 1. The van der Waals surface area contributed by atoms with Gasteiger partial charge in [0.1, 0.15) is 0 Å². The molecule has 0 aliphatic heterocycles. The predicted octanol–water partition coefficient (Wildman–Crippen LogP) is 4.04. The molecule has 2 heteroatoms. The highest BCUT2D eigenvalue weighted by atomic mass is 32.1. The van der Waals surface area contributed by atoms with Crippen molar-refractivity contribution in [2.75, 3.05) is 0 Å². The van der Waals surface area contributed by atoms with Crippen molar-refractivity contribution in [3.63, 3.8) is 0 Å². The van der Waals surface area contributed by atoms with Crippen LogP contribution in [0.1, 0.15) is 25.6 Å². The molecule has 0 aliphatic carbocycles. The lowest BCUT2D eigenvalue weighted by Gasteiger charge is -2.15. The van der Waals surface area contributed by atoms with Crippen molar-refractivity contribution in [1.82, 2.24) is 4.98 Å². The molecule has 2 heterocycles. The van der Waals surface area contributed by atoms with E-state index in [0.717, 1.165) is 0 Å². The maximum absolute atomic E-state index is 3.08. The molecule has 1 nitrogen and oxygen atoms in total. The summed E-state index contributed by atoms with van der Waals surface area (Å²) >= 11 is 1.88. The van der Waals surface area contributed by atoms with Gasteiger partial charge in [-0.3, -0.25) is 0 Å². The Labute approximate surface area is 88.8 Å². The molecule has 0 saturated carbocycles. The van der Waals surface area contributed by atoms with E-state index in [1.807, 2.05) is 23.7 Å². The van der Waals surface area contributed by atoms with E-state index in [9.17, 15) is 0 Å². The standard InChI is InChI=1S/C12H15NS/c1-12(2,3)11-5-4-10(14-11)9-6-7-13-8-9/h4-8,13H,1-3H3. The van der Waals surface area contributed by atoms with Crippen LogP contribution >= 0.6 is 11.3 Å². The maximum atomic E-state index is 3.08. The molecule has 2 aromatic heterocycles. The summed E-state index contributed by atoms with van der Waals surface area (Å²) in [5.41, 5.74) is 1.55. The summed E-state index contributed by atoms with van der Waals surface area (Å²) < 4.78 is 0. The molecule has 1 N–H and O–H groups in total. The second-order valence-electron chi connectivity index (χ2n) is 4.51. The smallest absolute Gasteiger partial charge is 0.0361 e. The normalized spacial score (nSPS) is 11.9. The highest BCUT2D eigenvalue weighted by Gasteiger charge is 2.16. The SMILES string of the molecule is CC(C)(C)c1ccc(-c2cc[nH]c2)s1. The molecule has 0 amide bonds. The average molecular weight is 205 g/mol. The number of aromatic amines is 1. The molecular weight excluding hydrogens is 190 g/mol. The van der Waals surface area contributed by atoms with E-state index in [-0.39, 0.29) is 5.41 Å². The first-order valence-electron chi connectivity index (χ1n) is 4.81. The molecule has 2 aromatic rings. The Morgan fingerprint density at radius 3 is 2.43 bits per heavy atom. The first kappa shape index (κ1) is 9.53. The molecule has 0 saturated heterocycles. The molecule has 74 valence electrons. The summed E-state index contributed by atoms with van der Waals surface area (Å²) in [5.74, 6) is 0. The fourth-order valence-electron chi connectivity index (χ4n) is 1.37. The zero-order valence-corrected chi connectivity index (χ0v) is 9.61. The zero-order valence-electron chi connectivity index (χ0n) is 8.79. The van der Waals surface area contributed by atoms with Crippen LogP contribution in [0.15, 0.2) is 30.6 Å². The number of nitrogens with one attached hydrogen (secondary N) is 1. The average Bonchev–Trinajstić information content (AvgIpc) is 2.73. The molecule has 0 spiro atoms. The monoisotopic (exact) mass is 205 g/mol. The Morgan fingerprint density at radius 2 is 1.93 bits per heavy atom.